The highest BCUT2D eigenvalue weighted by atomic mass is 35.5. The number of likely N-dealkylation sites (tertiary alicyclic amines) is 1. The minimum Gasteiger partial charge on any atom is -0.330 e. The molecule has 2 rings (SSSR count). The molecule has 0 radical (unpaired) electrons. The highest BCUT2D eigenvalue weighted by Gasteiger charge is 2.19. The van der Waals surface area contributed by atoms with Crippen molar-refractivity contribution >= 4 is 24.0 Å². The Morgan fingerprint density at radius 3 is 2.84 bits per heavy atom. The van der Waals surface area contributed by atoms with Crippen LogP contribution in [0.2, 0.25) is 5.02 Å². The summed E-state index contributed by atoms with van der Waals surface area (Å²) in [6, 6.07) is 4.76. The van der Waals surface area contributed by atoms with Gasteiger partial charge in [0.15, 0.2) is 0 Å². The summed E-state index contributed by atoms with van der Waals surface area (Å²) in [5.74, 6) is 0.431. The molecule has 0 saturated carbocycles. The van der Waals surface area contributed by atoms with Crippen molar-refractivity contribution in [2.75, 3.05) is 19.6 Å². The number of nitrogens with zero attached hydrogens (tertiary/aromatic N) is 1. The van der Waals surface area contributed by atoms with Crippen molar-refractivity contribution < 1.29 is 4.39 Å². The molecule has 1 unspecified atom stereocenters. The lowest BCUT2D eigenvalue weighted by Crippen LogP contribution is -2.35. The number of nitrogens with two attached hydrogens (primary N) is 1. The van der Waals surface area contributed by atoms with Crippen LogP contribution in [0.3, 0.4) is 0 Å². The van der Waals surface area contributed by atoms with E-state index in [0.717, 1.165) is 38.2 Å². The summed E-state index contributed by atoms with van der Waals surface area (Å²) in [4.78, 5) is 2.37. The summed E-state index contributed by atoms with van der Waals surface area (Å²) in [5, 5.41) is 0.473. The van der Waals surface area contributed by atoms with Gasteiger partial charge in [-0.15, -0.1) is 12.4 Å². The van der Waals surface area contributed by atoms with E-state index < -0.39 is 0 Å². The molecule has 1 aliphatic rings. The Morgan fingerprint density at radius 2 is 2.16 bits per heavy atom. The van der Waals surface area contributed by atoms with Gasteiger partial charge in [0.25, 0.3) is 0 Å². The molecule has 2 nitrogen and oxygen atoms in total. The van der Waals surface area contributed by atoms with Gasteiger partial charge in [0.05, 0.1) is 0 Å². The number of piperidine rings is 1. The smallest absolute Gasteiger partial charge is 0.125 e. The normalized spacial score (nSPS) is 20.1. The summed E-state index contributed by atoms with van der Waals surface area (Å²) in [5.41, 5.74) is 6.56. The second kappa shape index (κ2) is 8.05. The van der Waals surface area contributed by atoms with Gasteiger partial charge in [0, 0.05) is 18.1 Å². The lowest BCUT2D eigenvalue weighted by Gasteiger charge is -2.32. The summed E-state index contributed by atoms with van der Waals surface area (Å²) >= 11 is 5.87. The van der Waals surface area contributed by atoms with Crippen LogP contribution < -0.4 is 5.73 Å². The molecule has 1 saturated heterocycles. The van der Waals surface area contributed by atoms with Crippen LogP contribution >= 0.6 is 24.0 Å². The zero-order chi connectivity index (χ0) is 13.0. The van der Waals surface area contributed by atoms with Gasteiger partial charge in [-0.25, -0.2) is 4.39 Å². The van der Waals surface area contributed by atoms with Gasteiger partial charge in [0.2, 0.25) is 0 Å². The van der Waals surface area contributed by atoms with Crippen LogP contribution in [0.4, 0.5) is 4.39 Å². The number of halogens is 3. The predicted octanol–water partition coefficient (Wildman–Crippen LogP) is 3.46. The molecule has 0 amide bonds. The van der Waals surface area contributed by atoms with Crippen molar-refractivity contribution in [3.05, 3.63) is 34.6 Å². The Balaban J connectivity index is 0.00000180. The van der Waals surface area contributed by atoms with E-state index in [4.69, 9.17) is 17.3 Å². The van der Waals surface area contributed by atoms with Gasteiger partial charge in [-0.2, -0.15) is 0 Å². The SMILES string of the molecule is Cl.NCCC1CCCN(Cc2cc(F)cc(Cl)c2)C1. The van der Waals surface area contributed by atoms with Gasteiger partial charge in [0.1, 0.15) is 5.82 Å². The summed E-state index contributed by atoms with van der Waals surface area (Å²) in [6.45, 7) is 3.67. The number of hydrogen-bond acceptors (Lipinski definition) is 2. The molecule has 0 bridgehead atoms. The molecule has 108 valence electrons. The molecule has 2 N–H and O–H groups in total. The van der Waals surface area contributed by atoms with Crippen molar-refractivity contribution in [3.8, 4) is 0 Å². The third kappa shape index (κ3) is 5.27. The first kappa shape index (κ1) is 16.7. The summed E-state index contributed by atoms with van der Waals surface area (Å²) in [7, 11) is 0. The molecule has 19 heavy (non-hydrogen) atoms. The Morgan fingerprint density at radius 1 is 1.37 bits per heavy atom. The maximum atomic E-state index is 13.3. The van der Waals surface area contributed by atoms with Crippen LogP contribution in [0.15, 0.2) is 18.2 Å². The van der Waals surface area contributed by atoms with E-state index in [9.17, 15) is 4.39 Å². The molecule has 5 heteroatoms. The van der Waals surface area contributed by atoms with Crippen molar-refractivity contribution in [1.82, 2.24) is 4.90 Å². The Bertz CT molecular complexity index is 379. The minimum absolute atomic E-state index is 0. The first-order valence-corrected chi connectivity index (χ1v) is 6.92. The van der Waals surface area contributed by atoms with E-state index in [1.165, 1.54) is 18.9 Å². The first-order chi connectivity index (χ1) is 8.67. The van der Waals surface area contributed by atoms with Gasteiger partial charge < -0.3 is 5.73 Å². The second-order valence-corrected chi connectivity index (χ2v) is 5.53. The van der Waals surface area contributed by atoms with E-state index in [1.54, 1.807) is 6.07 Å². The molecule has 1 fully saturated rings. The van der Waals surface area contributed by atoms with Crippen LogP contribution in [0.1, 0.15) is 24.8 Å². The molecule has 1 heterocycles. The maximum Gasteiger partial charge on any atom is 0.125 e. The number of benzene rings is 1. The van der Waals surface area contributed by atoms with Crippen LogP contribution in [-0.2, 0) is 6.54 Å². The van der Waals surface area contributed by atoms with Gasteiger partial charge >= 0.3 is 0 Å². The van der Waals surface area contributed by atoms with Crippen molar-refractivity contribution in [2.45, 2.75) is 25.8 Å². The van der Waals surface area contributed by atoms with Gasteiger partial charge in [-0.05, 0) is 62.0 Å². The predicted molar refractivity (Wildman–Crippen MR) is 80.3 cm³/mol. The lowest BCUT2D eigenvalue weighted by atomic mass is 9.94. The number of hydrogen-bond donors (Lipinski definition) is 1. The van der Waals surface area contributed by atoms with E-state index in [-0.39, 0.29) is 18.2 Å². The summed E-state index contributed by atoms with van der Waals surface area (Å²) < 4.78 is 13.3. The third-order valence-electron chi connectivity index (χ3n) is 3.51. The lowest BCUT2D eigenvalue weighted by molar-refractivity contribution is 0.163. The molecule has 1 atom stereocenters. The van der Waals surface area contributed by atoms with Crippen LogP contribution in [-0.4, -0.2) is 24.5 Å². The van der Waals surface area contributed by atoms with Gasteiger partial charge in [-0.1, -0.05) is 11.6 Å². The highest BCUT2D eigenvalue weighted by molar-refractivity contribution is 6.30. The zero-order valence-electron chi connectivity index (χ0n) is 10.9. The topological polar surface area (TPSA) is 29.3 Å². The van der Waals surface area contributed by atoms with Crippen molar-refractivity contribution in [3.63, 3.8) is 0 Å². The van der Waals surface area contributed by atoms with Gasteiger partial charge in [-0.3, -0.25) is 4.90 Å². The van der Waals surface area contributed by atoms with Crippen LogP contribution in [0, 0.1) is 11.7 Å². The van der Waals surface area contributed by atoms with E-state index in [1.807, 2.05) is 6.07 Å². The molecular formula is C14H21Cl2FN2. The third-order valence-corrected chi connectivity index (χ3v) is 3.72. The molecule has 1 aliphatic heterocycles. The molecular weight excluding hydrogens is 286 g/mol. The fourth-order valence-electron chi connectivity index (χ4n) is 2.73. The molecule has 0 aliphatic carbocycles. The molecule has 0 aromatic heterocycles. The average molecular weight is 307 g/mol. The molecule has 0 spiro atoms. The second-order valence-electron chi connectivity index (χ2n) is 5.10. The maximum absolute atomic E-state index is 13.3. The monoisotopic (exact) mass is 306 g/mol. The van der Waals surface area contributed by atoms with E-state index >= 15 is 0 Å². The molecule has 1 aromatic rings. The Kier molecular flexibility index (Phi) is 7.08. The van der Waals surface area contributed by atoms with Crippen LogP contribution in [0.5, 0.6) is 0 Å². The fourth-order valence-corrected chi connectivity index (χ4v) is 2.97. The van der Waals surface area contributed by atoms with E-state index in [2.05, 4.69) is 4.90 Å². The standard InChI is InChI=1S/C14H20ClFN2.ClH/c15-13-6-12(7-14(16)8-13)10-18-5-1-2-11(9-18)3-4-17;/h6-8,11H,1-5,9-10,17H2;1H. The first-order valence-electron chi connectivity index (χ1n) is 6.55. The largest absolute Gasteiger partial charge is 0.330 e. The molecule has 1 aromatic carbocycles. The van der Waals surface area contributed by atoms with E-state index in [0.29, 0.717) is 10.9 Å². The summed E-state index contributed by atoms with van der Waals surface area (Å²) in [6.07, 6.45) is 3.55. The highest BCUT2D eigenvalue weighted by Crippen LogP contribution is 2.22. The van der Waals surface area contributed by atoms with Crippen molar-refractivity contribution in [2.24, 2.45) is 11.7 Å². The fraction of sp³-hybridized carbons (Fsp3) is 0.571. The zero-order valence-corrected chi connectivity index (χ0v) is 12.5. The number of rotatable bonds is 4. The van der Waals surface area contributed by atoms with Crippen molar-refractivity contribution in [1.29, 1.82) is 0 Å². The Hall–Kier alpha value is -0.350. The Labute approximate surface area is 125 Å². The average Bonchev–Trinajstić information content (AvgIpc) is 2.28. The quantitative estimate of drug-likeness (QED) is 0.923. The van der Waals surface area contributed by atoms with Crippen LogP contribution in [0.25, 0.3) is 0 Å². The minimum atomic E-state index is -0.256.